The second kappa shape index (κ2) is 7.24. The maximum atomic E-state index is 11.4. The molecule has 0 aliphatic rings. The summed E-state index contributed by atoms with van der Waals surface area (Å²) >= 11 is 5.87. The molecule has 9 heteroatoms. The van der Waals surface area contributed by atoms with Crippen molar-refractivity contribution in [3.8, 4) is 0 Å². The van der Waals surface area contributed by atoms with Crippen LogP contribution in [0.15, 0.2) is 54.6 Å². The molecular formula is C17H15ClN6O2. The van der Waals surface area contributed by atoms with Crippen LogP contribution in [0.4, 0.5) is 34.6 Å². The number of nitrogen functional groups attached to an aromatic ring is 1. The van der Waals surface area contributed by atoms with Crippen LogP contribution >= 0.6 is 11.6 Å². The van der Waals surface area contributed by atoms with E-state index in [1.807, 2.05) is 30.3 Å². The molecule has 3 aromatic rings. The maximum Gasteiger partial charge on any atom is 0.353 e. The number of nitrogens with two attached hydrogens (primary N) is 1. The Kier molecular flexibility index (Phi) is 4.85. The first-order valence-electron chi connectivity index (χ1n) is 7.59. The molecule has 0 radical (unpaired) electrons. The third-order valence-electron chi connectivity index (χ3n) is 3.63. The zero-order chi connectivity index (χ0) is 18.7. The number of aromatic nitrogens is 2. The standard InChI is InChI=1S/C17H15ClN6O2/c1-23(13-5-3-2-4-6-13)17-21-15(19)14(24(25)26)16(22-17)20-12-9-7-11(18)8-10-12/h2-10H,1H3,(H3,19,20,21,22). The average molecular weight is 371 g/mol. The van der Waals surface area contributed by atoms with Crippen molar-refractivity contribution in [1.82, 2.24) is 9.97 Å². The van der Waals surface area contributed by atoms with E-state index in [4.69, 9.17) is 17.3 Å². The van der Waals surface area contributed by atoms with Crippen molar-refractivity contribution >= 4 is 46.2 Å². The first-order valence-corrected chi connectivity index (χ1v) is 7.97. The minimum Gasteiger partial charge on any atom is -0.378 e. The Morgan fingerprint density at radius 3 is 2.38 bits per heavy atom. The third kappa shape index (κ3) is 3.65. The summed E-state index contributed by atoms with van der Waals surface area (Å²) < 4.78 is 0. The summed E-state index contributed by atoms with van der Waals surface area (Å²) in [5.41, 5.74) is 6.86. The van der Waals surface area contributed by atoms with Crippen LogP contribution in [0.3, 0.4) is 0 Å². The van der Waals surface area contributed by atoms with E-state index in [0.29, 0.717) is 10.7 Å². The van der Waals surface area contributed by atoms with Crippen LogP contribution in [0.5, 0.6) is 0 Å². The predicted octanol–water partition coefficient (Wildman–Crippen LogP) is 4.13. The van der Waals surface area contributed by atoms with Gasteiger partial charge in [-0.15, -0.1) is 0 Å². The number of para-hydroxylation sites is 1. The van der Waals surface area contributed by atoms with Gasteiger partial charge in [0, 0.05) is 23.4 Å². The summed E-state index contributed by atoms with van der Waals surface area (Å²) in [6, 6.07) is 16.1. The molecular weight excluding hydrogens is 356 g/mol. The van der Waals surface area contributed by atoms with E-state index in [9.17, 15) is 10.1 Å². The summed E-state index contributed by atoms with van der Waals surface area (Å²) in [6.07, 6.45) is 0. The van der Waals surface area contributed by atoms with Crippen LogP contribution in [-0.4, -0.2) is 21.9 Å². The Labute approximate surface area is 154 Å². The van der Waals surface area contributed by atoms with Crippen LogP contribution < -0.4 is 16.0 Å². The van der Waals surface area contributed by atoms with Crippen molar-refractivity contribution in [3.63, 3.8) is 0 Å². The molecule has 0 saturated heterocycles. The monoisotopic (exact) mass is 370 g/mol. The number of nitrogens with one attached hydrogen (secondary N) is 1. The highest BCUT2D eigenvalue weighted by atomic mass is 35.5. The summed E-state index contributed by atoms with van der Waals surface area (Å²) in [5, 5.41) is 14.9. The van der Waals surface area contributed by atoms with E-state index in [-0.39, 0.29) is 23.3 Å². The molecule has 3 rings (SSSR count). The topological polar surface area (TPSA) is 110 Å². The predicted molar refractivity (Wildman–Crippen MR) is 102 cm³/mol. The number of halogens is 1. The molecule has 0 bridgehead atoms. The smallest absolute Gasteiger partial charge is 0.353 e. The number of anilines is 5. The van der Waals surface area contributed by atoms with Crippen molar-refractivity contribution in [3.05, 3.63) is 69.7 Å². The van der Waals surface area contributed by atoms with Gasteiger partial charge in [-0.25, -0.2) is 0 Å². The summed E-state index contributed by atoms with van der Waals surface area (Å²) in [7, 11) is 1.75. The molecule has 0 spiro atoms. The van der Waals surface area contributed by atoms with E-state index in [1.165, 1.54) is 0 Å². The molecule has 1 heterocycles. The molecule has 0 atom stereocenters. The van der Waals surface area contributed by atoms with Gasteiger partial charge in [0.1, 0.15) is 0 Å². The Hall–Kier alpha value is -3.39. The van der Waals surface area contributed by atoms with Gasteiger partial charge in [0.05, 0.1) is 4.92 Å². The first-order chi connectivity index (χ1) is 12.5. The second-order valence-electron chi connectivity index (χ2n) is 5.39. The molecule has 0 fully saturated rings. The third-order valence-corrected chi connectivity index (χ3v) is 3.88. The average Bonchev–Trinajstić information content (AvgIpc) is 2.63. The van der Waals surface area contributed by atoms with Gasteiger partial charge in [0.2, 0.25) is 17.6 Å². The molecule has 3 N–H and O–H groups in total. The number of hydrogen-bond donors (Lipinski definition) is 2. The fourth-order valence-electron chi connectivity index (χ4n) is 2.31. The fraction of sp³-hybridized carbons (Fsp3) is 0.0588. The number of hydrogen-bond acceptors (Lipinski definition) is 7. The normalized spacial score (nSPS) is 10.4. The van der Waals surface area contributed by atoms with Crippen LogP contribution in [-0.2, 0) is 0 Å². The summed E-state index contributed by atoms with van der Waals surface area (Å²) in [5.74, 6) is 0.0117. The van der Waals surface area contributed by atoms with Crippen molar-refractivity contribution in [2.24, 2.45) is 0 Å². The van der Waals surface area contributed by atoms with E-state index in [0.717, 1.165) is 5.69 Å². The number of benzene rings is 2. The van der Waals surface area contributed by atoms with Crippen LogP contribution in [0.25, 0.3) is 0 Å². The van der Waals surface area contributed by atoms with E-state index < -0.39 is 4.92 Å². The SMILES string of the molecule is CN(c1ccccc1)c1nc(N)c([N+](=O)[O-])c(Nc2ccc(Cl)cc2)n1. The van der Waals surface area contributed by atoms with Crippen LogP contribution in [0.2, 0.25) is 5.02 Å². The molecule has 0 unspecified atom stereocenters. The second-order valence-corrected chi connectivity index (χ2v) is 5.83. The lowest BCUT2D eigenvalue weighted by atomic mass is 10.3. The lowest BCUT2D eigenvalue weighted by molar-refractivity contribution is -0.383. The van der Waals surface area contributed by atoms with E-state index >= 15 is 0 Å². The van der Waals surface area contributed by atoms with E-state index in [2.05, 4.69) is 15.3 Å². The Balaban J connectivity index is 2.04. The van der Waals surface area contributed by atoms with Crippen LogP contribution in [0, 0.1) is 10.1 Å². The van der Waals surface area contributed by atoms with Gasteiger partial charge in [-0.1, -0.05) is 29.8 Å². The highest BCUT2D eigenvalue weighted by Gasteiger charge is 2.24. The van der Waals surface area contributed by atoms with E-state index in [1.54, 1.807) is 36.2 Å². The van der Waals surface area contributed by atoms with Gasteiger partial charge in [0.25, 0.3) is 0 Å². The van der Waals surface area contributed by atoms with Gasteiger partial charge in [-0.2, -0.15) is 9.97 Å². The largest absolute Gasteiger partial charge is 0.378 e. The minimum atomic E-state index is -0.611. The van der Waals surface area contributed by atoms with Crippen LogP contribution in [0.1, 0.15) is 0 Å². The Bertz CT molecular complexity index is 934. The van der Waals surface area contributed by atoms with Gasteiger partial charge >= 0.3 is 5.69 Å². The highest BCUT2D eigenvalue weighted by molar-refractivity contribution is 6.30. The molecule has 0 saturated carbocycles. The van der Waals surface area contributed by atoms with Crippen molar-refractivity contribution in [1.29, 1.82) is 0 Å². The number of nitrogens with zero attached hydrogens (tertiary/aromatic N) is 4. The van der Waals surface area contributed by atoms with Crippen molar-refractivity contribution < 1.29 is 4.92 Å². The Morgan fingerprint density at radius 2 is 1.77 bits per heavy atom. The quantitative estimate of drug-likeness (QED) is 0.513. The molecule has 0 aliphatic carbocycles. The maximum absolute atomic E-state index is 11.4. The highest BCUT2D eigenvalue weighted by Crippen LogP contribution is 2.33. The molecule has 0 aliphatic heterocycles. The lowest BCUT2D eigenvalue weighted by Crippen LogP contribution is -2.16. The zero-order valence-corrected chi connectivity index (χ0v) is 14.5. The summed E-state index contributed by atoms with van der Waals surface area (Å²) in [6.45, 7) is 0. The molecule has 2 aromatic carbocycles. The van der Waals surface area contributed by atoms with Gasteiger partial charge < -0.3 is 16.0 Å². The first kappa shape index (κ1) is 17.4. The molecule has 1 aromatic heterocycles. The van der Waals surface area contributed by atoms with Gasteiger partial charge in [0.15, 0.2) is 0 Å². The van der Waals surface area contributed by atoms with Crippen molar-refractivity contribution in [2.45, 2.75) is 0 Å². The lowest BCUT2D eigenvalue weighted by Gasteiger charge is -2.18. The van der Waals surface area contributed by atoms with Gasteiger partial charge in [-0.05, 0) is 36.4 Å². The summed E-state index contributed by atoms with van der Waals surface area (Å²) in [4.78, 5) is 20.9. The number of rotatable bonds is 5. The molecule has 0 amide bonds. The number of nitro groups is 1. The zero-order valence-electron chi connectivity index (χ0n) is 13.8. The van der Waals surface area contributed by atoms with Gasteiger partial charge in [-0.3, -0.25) is 10.1 Å². The molecule has 26 heavy (non-hydrogen) atoms. The fourth-order valence-corrected chi connectivity index (χ4v) is 2.44. The molecule has 8 nitrogen and oxygen atoms in total. The van der Waals surface area contributed by atoms with Crippen molar-refractivity contribution in [2.75, 3.05) is 23.0 Å². The molecule has 132 valence electrons. The Morgan fingerprint density at radius 1 is 1.12 bits per heavy atom. The minimum absolute atomic E-state index is 0.00241.